The topological polar surface area (TPSA) is 57.6 Å². The Morgan fingerprint density at radius 1 is 1.23 bits per heavy atom. The van der Waals surface area contributed by atoms with E-state index < -0.39 is 34.7 Å². The Kier molecular flexibility index (Phi) is 3.38. The maximum Gasteiger partial charge on any atom is 0.311 e. The predicted octanol–water partition coefficient (Wildman–Crippen LogP) is 2.43. The van der Waals surface area contributed by atoms with Gasteiger partial charge < -0.3 is 10.0 Å². The number of hydrogen-bond donors (Lipinski definition) is 1. The summed E-state index contributed by atoms with van der Waals surface area (Å²) in [5.41, 5.74) is -1.27. The maximum absolute atomic E-state index is 13.2. The lowest BCUT2D eigenvalue weighted by atomic mass is 9.81. The number of amides is 1. The average Bonchev–Trinajstić information content (AvgIpc) is 3.01. The molecule has 118 valence electrons. The molecule has 2 fully saturated rings. The van der Waals surface area contributed by atoms with Crippen molar-refractivity contribution in [3.63, 3.8) is 0 Å². The third-order valence-electron chi connectivity index (χ3n) is 4.81. The molecule has 1 amide bonds. The van der Waals surface area contributed by atoms with E-state index >= 15 is 0 Å². The Morgan fingerprint density at radius 3 is 2.41 bits per heavy atom. The molecule has 0 bridgehead atoms. The van der Waals surface area contributed by atoms with E-state index in [0.717, 1.165) is 6.42 Å². The second-order valence-electron chi connectivity index (χ2n) is 5.99. The molecule has 0 radical (unpaired) electrons. The largest absolute Gasteiger partial charge is 0.481 e. The molecule has 1 heterocycles. The number of likely N-dealkylation sites (tertiary alicyclic amines) is 1. The van der Waals surface area contributed by atoms with Crippen LogP contribution in [-0.2, 0) is 4.79 Å². The van der Waals surface area contributed by atoms with Crippen LogP contribution in [0.5, 0.6) is 0 Å². The van der Waals surface area contributed by atoms with E-state index in [1.165, 1.54) is 4.90 Å². The van der Waals surface area contributed by atoms with Crippen LogP contribution in [0.1, 0.15) is 29.6 Å². The van der Waals surface area contributed by atoms with Gasteiger partial charge in [-0.05, 0) is 30.9 Å². The average molecular weight is 313 g/mol. The fraction of sp³-hybridized carbons (Fsp3) is 0.467. The van der Waals surface area contributed by atoms with Gasteiger partial charge in [0, 0.05) is 18.7 Å². The number of fused-ring (bicyclic) bond motifs is 1. The molecule has 22 heavy (non-hydrogen) atoms. The fourth-order valence-electron chi connectivity index (χ4n) is 3.66. The van der Waals surface area contributed by atoms with E-state index in [-0.39, 0.29) is 24.6 Å². The lowest BCUT2D eigenvalue weighted by Gasteiger charge is -2.23. The molecule has 1 aromatic rings. The number of hydrogen-bond acceptors (Lipinski definition) is 2. The number of carboxylic acid groups (broad SMARTS) is 1. The van der Waals surface area contributed by atoms with Gasteiger partial charge in [-0.25, -0.2) is 13.2 Å². The molecule has 2 aliphatic rings. The van der Waals surface area contributed by atoms with Gasteiger partial charge >= 0.3 is 5.97 Å². The predicted molar refractivity (Wildman–Crippen MR) is 69.6 cm³/mol. The highest BCUT2D eigenvalue weighted by atomic mass is 19.2. The number of nitrogens with zero attached hydrogens (tertiary/aromatic N) is 1. The number of carboxylic acids is 1. The van der Waals surface area contributed by atoms with Crippen molar-refractivity contribution < 1.29 is 27.9 Å². The second kappa shape index (κ2) is 5.00. The molecule has 1 N–H and O–H groups in total. The quantitative estimate of drug-likeness (QED) is 0.853. The van der Waals surface area contributed by atoms with Crippen molar-refractivity contribution in [2.45, 2.75) is 19.3 Å². The number of carbonyl (C=O) groups is 2. The molecule has 1 saturated heterocycles. The van der Waals surface area contributed by atoms with Gasteiger partial charge in [-0.2, -0.15) is 0 Å². The van der Waals surface area contributed by atoms with E-state index in [1.54, 1.807) is 0 Å². The highest BCUT2D eigenvalue weighted by Gasteiger charge is 2.55. The SMILES string of the molecule is O=C(c1cc(F)c(F)c(F)c1)N1C[C@@H]2CCC[C@@]2(C(=O)O)C1. The monoisotopic (exact) mass is 313 g/mol. The molecule has 1 aliphatic carbocycles. The first-order valence-electron chi connectivity index (χ1n) is 7.02. The normalized spacial score (nSPS) is 27.0. The van der Waals surface area contributed by atoms with Crippen LogP contribution in [-0.4, -0.2) is 35.0 Å². The molecule has 0 aromatic heterocycles. The minimum atomic E-state index is -1.63. The minimum Gasteiger partial charge on any atom is -0.481 e. The summed E-state index contributed by atoms with van der Waals surface area (Å²) in [6.07, 6.45) is 1.99. The third-order valence-corrected chi connectivity index (χ3v) is 4.81. The van der Waals surface area contributed by atoms with Gasteiger partial charge in [0.2, 0.25) is 0 Å². The van der Waals surface area contributed by atoms with Crippen molar-refractivity contribution in [3.05, 3.63) is 35.1 Å². The number of aliphatic carboxylic acids is 1. The van der Waals surface area contributed by atoms with Gasteiger partial charge in [0.25, 0.3) is 5.91 Å². The summed E-state index contributed by atoms with van der Waals surface area (Å²) in [4.78, 5) is 25.2. The molecule has 1 aromatic carbocycles. The summed E-state index contributed by atoms with van der Waals surface area (Å²) in [5, 5.41) is 9.46. The Morgan fingerprint density at radius 2 is 1.86 bits per heavy atom. The Balaban J connectivity index is 1.87. The minimum absolute atomic E-state index is 0.0203. The van der Waals surface area contributed by atoms with Crippen LogP contribution in [0.3, 0.4) is 0 Å². The number of benzene rings is 1. The second-order valence-corrected chi connectivity index (χ2v) is 5.99. The van der Waals surface area contributed by atoms with Crippen molar-refractivity contribution in [3.8, 4) is 0 Å². The first kappa shape index (κ1) is 14.9. The van der Waals surface area contributed by atoms with E-state index in [1.807, 2.05) is 0 Å². The Hall–Kier alpha value is -2.05. The van der Waals surface area contributed by atoms with Crippen LogP contribution in [0, 0.1) is 28.8 Å². The molecule has 2 atom stereocenters. The van der Waals surface area contributed by atoms with Crippen LogP contribution < -0.4 is 0 Å². The van der Waals surface area contributed by atoms with Gasteiger partial charge in [0.1, 0.15) is 0 Å². The highest BCUT2D eigenvalue weighted by Crippen LogP contribution is 2.49. The van der Waals surface area contributed by atoms with Gasteiger partial charge in [-0.1, -0.05) is 6.42 Å². The molecule has 3 rings (SSSR count). The number of rotatable bonds is 2. The summed E-state index contributed by atoms with van der Waals surface area (Å²) in [5.74, 6) is -6.26. The van der Waals surface area contributed by atoms with Gasteiger partial charge in [-0.3, -0.25) is 9.59 Å². The molecule has 4 nitrogen and oxygen atoms in total. The zero-order valence-electron chi connectivity index (χ0n) is 11.6. The summed E-state index contributed by atoms with van der Waals surface area (Å²) >= 11 is 0. The third kappa shape index (κ3) is 2.07. The molecule has 0 spiro atoms. The molecule has 1 aliphatic heterocycles. The lowest BCUT2D eigenvalue weighted by Crippen LogP contribution is -2.37. The Bertz CT molecular complexity index is 640. The van der Waals surface area contributed by atoms with Crippen molar-refractivity contribution in [1.29, 1.82) is 0 Å². The van der Waals surface area contributed by atoms with Gasteiger partial charge in [-0.15, -0.1) is 0 Å². The number of halogens is 3. The van der Waals surface area contributed by atoms with E-state index in [0.29, 0.717) is 25.0 Å². The van der Waals surface area contributed by atoms with E-state index in [2.05, 4.69) is 0 Å². The zero-order chi connectivity index (χ0) is 16.1. The molecular formula is C15H14F3NO3. The lowest BCUT2D eigenvalue weighted by molar-refractivity contribution is -0.149. The van der Waals surface area contributed by atoms with Crippen molar-refractivity contribution in [1.82, 2.24) is 4.90 Å². The van der Waals surface area contributed by atoms with Crippen LogP contribution in [0.15, 0.2) is 12.1 Å². The maximum atomic E-state index is 13.2. The van der Waals surface area contributed by atoms with Crippen LogP contribution >= 0.6 is 0 Å². The number of carbonyl (C=O) groups excluding carboxylic acids is 1. The van der Waals surface area contributed by atoms with Crippen molar-refractivity contribution >= 4 is 11.9 Å². The first-order valence-corrected chi connectivity index (χ1v) is 7.02. The zero-order valence-corrected chi connectivity index (χ0v) is 11.6. The van der Waals surface area contributed by atoms with Gasteiger partial charge in [0.15, 0.2) is 17.5 Å². The smallest absolute Gasteiger partial charge is 0.311 e. The van der Waals surface area contributed by atoms with Crippen LogP contribution in [0.25, 0.3) is 0 Å². The summed E-state index contributed by atoms with van der Waals surface area (Å²) in [6.45, 7) is 0.262. The van der Waals surface area contributed by atoms with Crippen molar-refractivity contribution in [2.24, 2.45) is 11.3 Å². The molecular weight excluding hydrogens is 299 g/mol. The highest BCUT2D eigenvalue weighted by molar-refractivity contribution is 5.95. The molecule has 7 heteroatoms. The Labute approximate surface area is 124 Å². The van der Waals surface area contributed by atoms with E-state index in [9.17, 15) is 27.9 Å². The standard InChI is InChI=1S/C15H14F3NO3/c16-10-4-8(5-11(17)12(10)18)13(20)19-6-9-2-1-3-15(9,7-19)14(21)22/h4-5,9H,1-3,6-7H2,(H,21,22)/t9-,15+/m0/s1. The summed E-state index contributed by atoms with van der Waals surface area (Å²) in [6, 6.07) is 1.28. The summed E-state index contributed by atoms with van der Waals surface area (Å²) in [7, 11) is 0. The van der Waals surface area contributed by atoms with Crippen LogP contribution in [0.4, 0.5) is 13.2 Å². The molecule has 1 saturated carbocycles. The van der Waals surface area contributed by atoms with Gasteiger partial charge in [0.05, 0.1) is 5.41 Å². The first-order chi connectivity index (χ1) is 10.3. The summed E-state index contributed by atoms with van der Waals surface area (Å²) < 4.78 is 39.4. The van der Waals surface area contributed by atoms with E-state index in [4.69, 9.17) is 0 Å². The van der Waals surface area contributed by atoms with Crippen molar-refractivity contribution in [2.75, 3.05) is 13.1 Å². The van der Waals surface area contributed by atoms with Crippen LogP contribution in [0.2, 0.25) is 0 Å². The fourth-order valence-corrected chi connectivity index (χ4v) is 3.66. The molecule has 0 unspecified atom stereocenters.